The van der Waals surface area contributed by atoms with Gasteiger partial charge in [-0.1, -0.05) is 35.9 Å². The van der Waals surface area contributed by atoms with Crippen LogP contribution in [0, 0.1) is 0 Å². The van der Waals surface area contributed by atoms with Crippen molar-refractivity contribution in [3.05, 3.63) is 47.0 Å². The molecular formula is C17H23N. The Hall–Kier alpha value is -1.08. The maximum Gasteiger partial charge on any atom is 0.0323 e. The van der Waals surface area contributed by atoms with Crippen LogP contribution in [0.3, 0.4) is 0 Å². The molecule has 0 fully saturated rings. The highest BCUT2D eigenvalue weighted by molar-refractivity contribution is 5.36. The highest BCUT2D eigenvalue weighted by Gasteiger charge is 2.27. The summed E-state index contributed by atoms with van der Waals surface area (Å²) >= 11 is 0. The average Bonchev–Trinajstić information content (AvgIpc) is 2.47. The minimum atomic E-state index is 0.256. The van der Waals surface area contributed by atoms with Crippen LogP contribution in [0.2, 0.25) is 0 Å². The normalized spacial score (nSPS) is 25.2. The first kappa shape index (κ1) is 12.0. The van der Waals surface area contributed by atoms with E-state index in [0.717, 1.165) is 0 Å². The highest BCUT2D eigenvalue weighted by atomic mass is 14.7. The van der Waals surface area contributed by atoms with Crippen molar-refractivity contribution in [3.8, 4) is 0 Å². The Labute approximate surface area is 110 Å². The van der Waals surface area contributed by atoms with Crippen molar-refractivity contribution < 1.29 is 0 Å². The van der Waals surface area contributed by atoms with Crippen molar-refractivity contribution in [3.63, 3.8) is 0 Å². The fourth-order valence-corrected chi connectivity index (χ4v) is 3.59. The van der Waals surface area contributed by atoms with Crippen LogP contribution in [0.5, 0.6) is 0 Å². The van der Waals surface area contributed by atoms with E-state index < -0.39 is 0 Å². The smallest absolute Gasteiger partial charge is 0.0323 e. The molecule has 0 saturated carbocycles. The van der Waals surface area contributed by atoms with Crippen molar-refractivity contribution in [1.82, 2.24) is 0 Å². The molecule has 1 aromatic carbocycles. The van der Waals surface area contributed by atoms with Crippen molar-refractivity contribution in [2.45, 2.75) is 56.9 Å². The molecule has 3 rings (SSSR count). The summed E-state index contributed by atoms with van der Waals surface area (Å²) in [4.78, 5) is 0. The molecule has 2 atom stereocenters. The van der Waals surface area contributed by atoms with Gasteiger partial charge in [0.05, 0.1) is 0 Å². The molecule has 18 heavy (non-hydrogen) atoms. The summed E-state index contributed by atoms with van der Waals surface area (Å²) in [6.45, 7) is 0. The lowest BCUT2D eigenvalue weighted by molar-refractivity contribution is 0.479. The molecule has 2 unspecified atom stereocenters. The third-order valence-corrected chi connectivity index (χ3v) is 4.60. The van der Waals surface area contributed by atoms with E-state index in [0.29, 0.717) is 5.92 Å². The van der Waals surface area contributed by atoms with Gasteiger partial charge in [0.2, 0.25) is 0 Å². The van der Waals surface area contributed by atoms with Gasteiger partial charge in [-0.15, -0.1) is 0 Å². The zero-order valence-corrected chi connectivity index (χ0v) is 11.1. The number of fused-ring (bicyclic) bond motifs is 1. The lowest BCUT2D eigenvalue weighted by atomic mass is 9.75. The molecular weight excluding hydrogens is 218 g/mol. The van der Waals surface area contributed by atoms with Gasteiger partial charge < -0.3 is 5.73 Å². The molecule has 1 nitrogen and oxygen atoms in total. The summed E-state index contributed by atoms with van der Waals surface area (Å²) in [5.41, 5.74) is 11.1. The second-order valence-electron chi connectivity index (χ2n) is 5.75. The van der Waals surface area contributed by atoms with Crippen molar-refractivity contribution in [2.75, 3.05) is 0 Å². The molecule has 0 aromatic heterocycles. The number of benzene rings is 1. The minimum absolute atomic E-state index is 0.256. The largest absolute Gasteiger partial charge is 0.324 e. The highest BCUT2D eigenvalue weighted by Crippen LogP contribution is 2.37. The van der Waals surface area contributed by atoms with Gasteiger partial charge in [0, 0.05) is 12.0 Å². The number of aryl methyl sites for hydroxylation is 1. The van der Waals surface area contributed by atoms with E-state index in [1.165, 1.54) is 61.6 Å². The molecule has 1 aromatic rings. The zero-order valence-electron chi connectivity index (χ0n) is 11.1. The van der Waals surface area contributed by atoms with Crippen LogP contribution in [0.25, 0.3) is 0 Å². The molecule has 2 aliphatic rings. The molecule has 0 spiro atoms. The molecule has 0 saturated heterocycles. The quantitative estimate of drug-likeness (QED) is 0.780. The second kappa shape index (κ2) is 5.27. The van der Waals surface area contributed by atoms with Gasteiger partial charge in [0.25, 0.3) is 0 Å². The predicted octanol–water partition coefficient (Wildman–Crippen LogP) is 3.93. The Morgan fingerprint density at radius 2 is 1.94 bits per heavy atom. The monoisotopic (exact) mass is 241 g/mol. The topological polar surface area (TPSA) is 26.0 Å². The fourth-order valence-electron chi connectivity index (χ4n) is 3.59. The maximum atomic E-state index is 6.57. The van der Waals surface area contributed by atoms with Crippen LogP contribution in [-0.4, -0.2) is 6.04 Å². The summed E-state index contributed by atoms with van der Waals surface area (Å²) < 4.78 is 0. The van der Waals surface area contributed by atoms with Crippen molar-refractivity contribution in [2.24, 2.45) is 5.73 Å². The van der Waals surface area contributed by atoms with Crippen molar-refractivity contribution >= 4 is 0 Å². The molecule has 2 aliphatic carbocycles. The molecule has 0 bridgehead atoms. The molecule has 0 aliphatic heterocycles. The number of nitrogens with two attached hydrogens (primary N) is 1. The molecule has 0 amide bonds. The third kappa shape index (κ3) is 2.24. The van der Waals surface area contributed by atoms with E-state index in [1.807, 2.05) is 0 Å². The summed E-state index contributed by atoms with van der Waals surface area (Å²) in [7, 11) is 0. The lowest BCUT2D eigenvalue weighted by Crippen LogP contribution is -2.33. The van der Waals surface area contributed by atoms with Gasteiger partial charge in [-0.25, -0.2) is 0 Å². The first-order valence-corrected chi connectivity index (χ1v) is 7.38. The van der Waals surface area contributed by atoms with Crippen molar-refractivity contribution in [1.29, 1.82) is 0 Å². The molecule has 2 N–H and O–H groups in total. The van der Waals surface area contributed by atoms with E-state index in [-0.39, 0.29) is 6.04 Å². The maximum absolute atomic E-state index is 6.57. The fraction of sp³-hybridized carbons (Fsp3) is 0.529. The predicted molar refractivity (Wildman–Crippen MR) is 76.6 cm³/mol. The number of rotatable bonds is 2. The van der Waals surface area contributed by atoms with Gasteiger partial charge in [0.15, 0.2) is 0 Å². The van der Waals surface area contributed by atoms with E-state index in [4.69, 9.17) is 5.73 Å². The Kier molecular flexibility index (Phi) is 3.51. The first-order chi connectivity index (χ1) is 8.86. The van der Waals surface area contributed by atoms with Gasteiger partial charge in [-0.05, 0) is 56.1 Å². The molecule has 96 valence electrons. The standard InChI is InChI=1S/C17H23N/c18-17(14-8-2-1-3-9-14)16-12-6-10-13-7-4-5-11-15(13)16/h4-5,7-8,11,16-17H,1-3,6,9-10,12,18H2. The Morgan fingerprint density at radius 3 is 2.78 bits per heavy atom. The Morgan fingerprint density at radius 1 is 1.06 bits per heavy atom. The Balaban J connectivity index is 1.86. The number of allylic oxidation sites excluding steroid dienone is 1. The summed E-state index contributed by atoms with van der Waals surface area (Å²) in [5.74, 6) is 0.555. The minimum Gasteiger partial charge on any atom is -0.324 e. The number of hydrogen-bond donors (Lipinski definition) is 1. The van der Waals surface area contributed by atoms with Crippen LogP contribution in [0.15, 0.2) is 35.9 Å². The summed E-state index contributed by atoms with van der Waals surface area (Å²) in [6.07, 6.45) is 11.3. The first-order valence-electron chi connectivity index (χ1n) is 7.38. The molecule has 1 heteroatoms. The van der Waals surface area contributed by atoms with Gasteiger partial charge in [-0.3, -0.25) is 0 Å². The van der Waals surface area contributed by atoms with Crippen LogP contribution < -0.4 is 5.73 Å². The van der Waals surface area contributed by atoms with Gasteiger partial charge >= 0.3 is 0 Å². The van der Waals surface area contributed by atoms with E-state index in [1.54, 1.807) is 0 Å². The van der Waals surface area contributed by atoms with Crippen LogP contribution >= 0.6 is 0 Å². The summed E-state index contributed by atoms with van der Waals surface area (Å²) in [5, 5.41) is 0. The van der Waals surface area contributed by atoms with Crippen LogP contribution in [-0.2, 0) is 6.42 Å². The van der Waals surface area contributed by atoms with Gasteiger partial charge in [0.1, 0.15) is 0 Å². The average molecular weight is 241 g/mol. The third-order valence-electron chi connectivity index (χ3n) is 4.60. The van der Waals surface area contributed by atoms with E-state index in [9.17, 15) is 0 Å². The van der Waals surface area contributed by atoms with Crippen LogP contribution in [0.1, 0.15) is 55.6 Å². The van der Waals surface area contributed by atoms with Crippen LogP contribution in [0.4, 0.5) is 0 Å². The molecule has 0 heterocycles. The number of hydrogen-bond acceptors (Lipinski definition) is 1. The SMILES string of the molecule is NC(C1=CCCCC1)C1CCCc2ccccc21. The second-order valence-corrected chi connectivity index (χ2v) is 5.75. The summed E-state index contributed by atoms with van der Waals surface area (Å²) in [6, 6.07) is 9.16. The Bertz CT molecular complexity index is 447. The lowest BCUT2D eigenvalue weighted by Gasteiger charge is -2.32. The zero-order chi connectivity index (χ0) is 12.4. The van der Waals surface area contributed by atoms with Gasteiger partial charge in [-0.2, -0.15) is 0 Å². The van der Waals surface area contributed by atoms with E-state index in [2.05, 4.69) is 30.3 Å². The molecule has 0 radical (unpaired) electrons. The van der Waals surface area contributed by atoms with E-state index >= 15 is 0 Å².